The van der Waals surface area contributed by atoms with E-state index in [1.54, 1.807) is 0 Å². The van der Waals surface area contributed by atoms with E-state index in [1.807, 2.05) is 30.3 Å². The van der Waals surface area contributed by atoms with E-state index < -0.39 is 5.97 Å². The fourth-order valence-electron chi connectivity index (χ4n) is 1.60. The Kier molecular flexibility index (Phi) is 4.06. The molecule has 94 valence electrons. The average molecular weight is 246 g/mol. The summed E-state index contributed by atoms with van der Waals surface area (Å²) in [6, 6.07) is 9.55. The quantitative estimate of drug-likeness (QED) is 0.792. The molecule has 0 aliphatic heterocycles. The van der Waals surface area contributed by atoms with Gasteiger partial charge in [0.2, 0.25) is 11.8 Å². The molecule has 0 unspecified atom stereocenters. The van der Waals surface area contributed by atoms with Crippen molar-refractivity contribution < 1.29 is 14.3 Å². The van der Waals surface area contributed by atoms with Crippen LogP contribution in [-0.4, -0.2) is 21.3 Å². The largest absolute Gasteiger partial charge is 0.481 e. The maximum Gasteiger partial charge on any atom is 0.303 e. The van der Waals surface area contributed by atoms with Crippen molar-refractivity contribution in [3.05, 3.63) is 36.2 Å². The third kappa shape index (κ3) is 3.41. The van der Waals surface area contributed by atoms with E-state index in [9.17, 15) is 4.79 Å². The first kappa shape index (κ1) is 12.3. The van der Waals surface area contributed by atoms with Crippen molar-refractivity contribution in [2.45, 2.75) is 25.7 Å². The monoisotopic (exact) mass is 246 g/mol. The molecular weight excluding hydrogens is 232 g/mol. The van der Waals surface area contributed by atoms with Gasteiger partial charge in [0.05, 0.1) is 0 Å². The SMILES string of the molecule is O=C(O)CCCCc1nnc(-c2ccccc2)o1. The number of aliphatic carboxylic acids is 1. The molecule has 5 heteroatoms. The minimum atomic E-state index is -0.773. The third-order valence-corrected chi connectivity index (χ3v) is 2.52. The number of hydrogen-bond acceptors (Lipinski definition) is 4. The number of hydrogen-bond donors (Lipinski definition) is 1. The fourth-order valence-corrected chi connectivity index (χ4v) is 1.60. The minimum absolute atomic E-state index is 0.180. The lowest BCUT2D eigenvalue weighted by atomic mass is 10.2. The molecule has 0 aliphatic rings. The molecule has 1 aromatic carbocycles. The van der Waals surface area contributed by atoms with Crippen LogP contribution in [0.2, 0.25) is 0 Å². The van der Waals surface area contributed by atoms with E-state index in [1.165, 1.54) is 0 Å². The number of carboxylic acid groups (broad SMARTS) is 1. The smallest absolute Gasteiger partial charge is 0.303 e. The van der Waals surface area contributed by atoms with Gasteiger partial charge in [-0.05, 0) is 25.0 Å². The molecule has 1 aromatic heterocycles. The van der Waals surface area contributed by atoms with Crippen molar-refractivity contribution in [1.29, 1.82) is 0 Å². The zero-order valence-electron chi connectivity index (χ0n) is 9.87. The van der Waals surface area contributed by atoms with Gasteiger partial charge in [0, 0.05) is 18.4 Å². The Morgan fingerprint density at radius 1 is 1.17 bits per heavy atom. The highest BCUT2D eigenvalue weighted by Crippen LogP contribution is 2.17. The van der Waals surface area contributed by atoms with Crippen LogP contribution in [0.3, 0.4) is 0 Å². The fraction of sp³-hybridized carbons (Fsp3) is 0.308. The Hall–Kier alpha value is -2.17. The lowest BCUT2D eigenvalue weighted by molar-refractivity contribution is -0.137. The number of rotatable bonds is 6. The second-order valence-electron chi connectivity index (χ2n) is 3.97. The number of unbranched alkanes of at least 4 members (excludes halogenated alkanes) is 1. The molecule has 5 nitrogen and oxygen atoms in total. The van der Waals surface area contributed by atoms with Crippen LogP contribution in [0.1, 0.15) is 25.2 Å². The highest BCUT2D eigenvalue weighted by molar-refractivity contribution is 5.66. The second kappa shape index (κ2) is 5.95. The Morgan fingerprint density at radius 3 is 2.67 bits per heavy atom. The van der Waals surface area contributed by atoms with Crippen LogP contribution < -0.4 is 0 Å². The Labute approximate surface area is 104 Å². The summed E-state index contributed by atoms with van der Waals surface area (Å²) >= 11 is 0. The van der Waals surface area contributed by atoms with E-state index in [0.717, 1.165) is 12.0 Å². The first-order chi connectivity index (χ1) is 8.75. The lowest BCUT2D eigenvalue weighted by Gasteiger charge is -1.94. The van der Waals surface area contributed by atoms with Crippen molar-refractivity contribution in [2.75, 3.05) is 0 Å². The second-order valence-corrected chi connectivity index (χ2v) is 3.97. The maximum absolute atomic E-state index is 10.3. The van der Waals surface area contributed by atoms with Crippen LogP contribution in [0.15, 0.2) is 34.7 Å². The molecule has 2 aromatic rings. The molecular formula is C13H14N2O3. The van der Waals surface area contributed by atoms with Gasteiger partial charge >= 0.3 is 5.97 Å². The van der Waals surface area contributed by atoms with Crippen LogP contribution >= 0.6 is 0 Å². The molecule has 0 spiro atoms. The normalized spacial score (nSPS) is 10.4. The van der Waals surface area contributed by atoms with Crippen LogP contribution in [0.5, 0.6) is 0 Å². The summed E-state index contributed by atoms with van der Waals surface area (Å²) in [5.41, 5.74) is 0.891. The molecule has 0 amide bonds. The molecule has 0 radical (unpaired) electrons. The van der Waals surface area contributed by atoms with E-state index in [2.05, 4.69) is 10.2 Å². The average Bonchev–Trinajstić information content (AvgIpc) is 2.84. The van der Waals surface area contributed by atoms with E-state index in [4.69, 9.17) is 9.52 Å². The predicted octanol–water partition coefficient (Wildman–Crippen LogP) is 2.53. The first-order valence-electron chi connectivity index (χ1n) is 5.85. The summed E-state index contributed by atoms with van der Waals surface area (Å²) < 4.78 is 5.51. The number of aromatic nitrogens is 2. The molecule has 1 N–H and O–H groups in total. The summed E-state index contributed by atoms with van der Waals surface area (Å²) in [7, 11) is 0. The van der Waals surface area contributed by atoms with E-state index in [-0.39, 0.29) is 6.42 Å². The van der Waals surface area contributed by atoms with E-state index >= 15 is 0 Å². The summed E-state index contributed by atoms with van der Waals surface area (Å²) in [5.74, 6) is 0.286. The zero-order valence-corrected chi connectivity index (χ0v) is 9.87. The van der Waals surface area contributed by atoms with Gasteiger partial charge in [0.15, 0.2) is 0 Å². The molecule has 0 saturated carbocycles. The number of benzene rings is 1. The highest BCUT2D eigenvalue weighted by Gasteiger charge is 2.07. The standard InChI is InChI=1S/C13H14N2O3/c16-12(17)9-5-4-8-11-14-15-13(18-11)10-6-2-1-3-7-10/h1-3,6-7H,4-5,8-9H2,(H,16,17). The van der Waals surface area contributed by atoms with Gasteiger partial charge in [0.1, 0.15) is 0 Å². The van der Waals surface area contributed by atoms with Crippen LogP contribution in [0.4, 0.5) is 0 Å². The van der Waals surface area contributed by atoms with Gasteiger partial charge in [0.25, 0.3) is 0 Å². The van der Waals surface area contributed by atoms with Gasteiger partial charge < -0.3 is 9.52 Å². The van der Waals surface area contributed by atoms with Crippen molar-refractivity contribution in [1.82, 2.24) is 10.2 Å². The van der Waals surface area contributed by atoms with Gasteiger partial charge in [-0.3, -0.25) is 4.79 Å². The van der Waals surface area contributed by atoms with Crippen LogP contribution in [-0.2, 0) is 11.2 Å². The Morgan fingerprint density at radius 2 is 1.94 bits per heavy atom. The topological polar surface area (TPSA) is 76.2 Å². The minimum Gasteiger partial charge on any atom is -0.481 e. The molecule has 0 saturated heterocycles. The number of carbonyl (C=O) groups is 1. The highest BCUT2D eigenvalue weighted by atomic mass is 16.4. The van der Waals surface area contributed by atoms with Crippen molar-refractivity contribution in [2.24, 2.45) is 0 Å². The molecule has 0 aliphatic carbocycles. The molecule has 2 rings (SSSR count). The Bertz CT molecular complexity index is 508. The Balaban J connectivity index is 1.89. The summed E-state index contributed by atoms with van der Waals surface area (Å²) in [6.45, 7) is 0. The third-order valence-electron chi connectivity index (χ3n) is 2.52. The summed E-state index contributed by atoms with van der Waals surface area (Å²) in [4.78, 5) is 10.3. The van der Waals surface area contributed by atoms with Crippen molar-refractivity contribution in [3.8, 4) is 11.5 Å². The molecule has 18 heavy (non-hydrogen) atoms. The van der Waals surface area contributed by atoms with Gasteiger partial charge in [-0.25, -0.2) is 0 Å². The molecule has 1 heterocycles. The summed E-state index contributed by atoms with van der Waals surface area (Å²) in [5, 5.41) is 16.4. The number of nitrogens with zero attached hydrogens (tertiary/aromatic N) is 2. The molecule has 0 bridgehead atoms. The summed E-state index contributed by atoms with van der Waals surface area (Å²) in [6.07, 6.45) is 2.16. The zero-order chi connectivity index (χ0) is 12.8. The van der Waals surface area contributed by atoms with E-state index in [0.29, 0.717) is 24.6 Å². The van der Waals surface area contributed by atoms with Crippen molar-refractivity contribution in [3.63, 3.8) is 0 Å². The molecule has 0 fully saturated rings. The predicted molar refractivity (Wildman–Crippen MR) is 64.9 cm³/mol. The number of carboxylic acids is 1. The molecule has 0 atom stereocenters. The maximum atomic E-state index is 10.3. The lowest BCUT2D eigenvalue weighted by Crippen LogP contribution is -1.95. The van der Waals surface area contributed by atoms with Gasteiger partial charge in [-0.15, -0.1) is 10.2 Å². The van der Waals surface area contributed by atoms with Gasteiger partial charge in [-0.1, -0.05) is 18.2 Å². The van der Waals surface area contributed by atoms with Crippen LogP contribution in [0, 0.1) is 0 Å². The first-order valence-corrected chi connectivity index (χ1v) is 5.85. The van der Waals surface area contributed by atoms with Crippen molar-refractivity contribution >= 4 is 5.97 Å². The van der Waals surface area contributed by atoms with Gasteiger partial charge in [-0.2, -0.15) is 0 Å². The van der Waals surface area contributed by atoms with Crippen LogP contribution in [0.25, 0.3) is 11.5 Å². The number of aryl methyl sites for hydroxylation is 1.